The average molecular weight is 212 g/mol. The predicted octanol–water partition coefficient (Wildman–Crippen LogP) is 2.50. The summed E-state index contributed by atoms with van der Waals surface area (Å²) < 4.78 is 0. The van der Waals surface area contributed by atoms with Crippen LogP contribution in [0.25, 0.3) is 0 Å². The van der Waals surface area contributed by atoms with Gasteiger partial charge in [-0.2, -0.15) is 5.10 Å². The molecule has 0 aromatic heterocycles. The van der Waals surface area contributed by atoms with Crippen LogP contribution in [-0.4, -0.2) is 16.1 Å². The highest BCUT2D eigenvalue weighted by molar-refractivity contribution is 6.83. The zero-order valence-electron chi connectivity index (χ0n) is 7.61. The van der Waals surface area contributed by atoms with Gasteiger partial charge in [-0.05, 0) is 19.1 Å². The molecule has 0 atom stereocenters. The number of hydrogen-bond donors (Lipinski definition) is 2. The lowest BCUT2D eigenvalue weighted by molar-refractivity contribution is 0.321. The fraction of sp³-hybridized carbons (Fsp3) is 0.111. The largest absolute Gasteiger partial charge is 0.410 e. The van der Waals surface area contributed by atoms with Gasteiger partial charge >= 0.3 is 0 Å². The Morgan fingerprint density at radius 3 is 2.57 bits per heavy atom. The summed E-state index contributed by atoms with van der Waals surface area (Å²) in [6.45, 7) is 1.64. The molecule has 0 saturated carbocycles. The van der Waals surface area contributed by atoms with Crippen LogP contribution in [0.4, 0.5) is 5.69 Å². The third-order valence-corrected chi connectivity index (χ3v) is 1.86. The summed E-state index contributed by atoms with van der Waals surface area (Å²) in [6.07, 6.45) is 0. The fourth-order valence-corrected chi connectivity index (χ4v) is 0.822. The predicted molar refractivity (Wildman–Crippen MR) is 58.2 cm³/mol. The number of halogens is 1. The van der Waals surface area contributed by atoms with Crippen LogP contribution in [0.3, 0.4) is 0 Å². The lowest BCUT2D eigenvalue weighted by Crippen LogP contribution is -2.05. The first kappa shape index (κ1) is 10.5. The summed E-state index contributed by atoms with van der Waals surface area (Å²) in [7, 11) is 0. The van der Waals surface area contributed by atoms with Crippen molar-refractivity contribution >= 4 is 28.2 Å². The van der Waals surface area contributed by atoms with Crippen molar-refractivity contribution in [1.82, 2.24) is 0 Å². The molecular formula is C9H10ClN3O. The number of rotatable bonds is 3. The molecule has 0 aliphatic rings. The van der Waals surface area contributed by atoms with E-state index in [0.717, 1.165) is 5.69 Å². The second-order valence-corrected chi connectivity index (χ2v) is 2.92. The van der Waals surface area contributed by atoms with Crippen LogP contribution in [0.5, 0.6) is 0 Å². The van der Waals surface area contributed by atoms with Crippen LogP contribution in [0.1, 0.15) is 6.92 Å². The van der Waals surface area contributed by atoms with Crippen molar-refractivity contribution in [2.45, 2.75) is 6.92 Å². The maximum Gasteiger partial charge on any atom is 0.191 e. The number of oxime groups is 1. The van der Waals surface area contributed by atoms with E-state index in [1.165, 1.54) is 0 Å². The molecule has 0 aliphatic carbocycles. The smallest absolute Gasteiger partial charge is 0.191 e. The van der Waals surface area contributed by atoms with E-state index in [9.17, 15) is 0 Å². The molecule has 0 heterocycles. The maximum absolute atomic E-state index is 8.35. The molecule has 0 amide bonds. The average Bonchev–Trinajstić information content (AvgIpc) is 2.26. The fourth-order valence-electron chi connectivity index (χ4n) is 0.780. The summed E-state index contributed by atoms with van der Waals surface area (Å²) in [5.41, 5.74) is 4.03. The van der Waals surface area contributed by atoms with E-state index in [1.54, 1.807) is 6.92 Å². The van der Waals surface area contributed by atoms with Gasteiger partial charge in [0, 0.05) is 0 Å². The molecule has 4 nitrogen and oxygen atoms in total. The normalized spacial score (nSPS) is 12.7. The van der Waals surface area contributed by atoms with Gasteiger partial charge in [0.1, 0.15) is 0 Å². The van der Waals surface area contributed by atoms with E-state index in [4.69, 9.17) is 16.8 Å². The topological polar surface area (TPSA) is 57.0 Å². The molecule has 0 fully saturated rings. The van der Waals surface area contributed by atoms with Crippen LogP contribution in [0.15, 0.2) is 40.6 Å². The van der Waals surface area contributed by atoms with Crippen molar-refractivity contribution in [2.24, 2.45) is 10.3 Å². The third kappa shape index (κ3) is 3.06. The first-order chi connectivity index (χ1) is 6.74. The van der Waals surface area contributed by atoms with E-state index in [2.05, 4.69) is 15.7 Å². The molecule has 1 rings (SSSR count). The zero-order valence-corrected chi connectivity index (χ0v) is 8.36. The SMILES string of the molecule is CC(=N/Nc1ccccc1)/C(Cl)=N/O. The van der Waals surface area contributed by atoms with Crippen LogP contribution >= 0.6 is 11.6 Å². The highest BCUT2D eigenvalue weighted by atomic mass is 35.5. The van der Waals surface area contributed by atoms with Crippen molar-refractivity contribution < 1.29 is 5.21 Å². The van der Waals surface area contributed by atoms with E-state index in [-0.39, 0.29) is 5.17 Å². The minimum atomic E-state index is -0.0339. The second-order valence-electron chi connectivity index (χ2n) is 2.57. The second kappa shape index (κ2) is 5.24. The number of para-hydroxylation sites is 1. The lowest BCUT2D eigenvalue weighted by atomic mass is 10.3. The highest BCUT2D eigenvalue weighted by Crippen LogP contribution is 2.04. The van der Waals surface area contributed by atoms with Crippen LogP contribution in [0.2, 0.25) is 0 Å². The summed E-state index contributed by atoms with van der Waals surface area (Å²) in [5.74, 6) is 0. The van der Waals surface area contributed by atoms with Crippen molar-refractivity contribution in [3.63, 3.8) is 0 Å². The minimum absolute atomic E-state index is 0.0339. The third-order valence-electron chi connectivity index (χ3n) is 1.51. The molecule has 0 spiro atoms. The Morgan fingerprint density at radius 2 is 2.00 bits per heavy atom. The van der Waals surface area contributed by atoms with Gasteiger partial charge in [0.05, 0.1) is 11.4 Å². The Kier molecular flexibility index (Phi) is 3.94. The van der Waals surface area contributed by atoms with E-state index in [0.29, 0.717) is 5.71 Å². The molecule has 0 radical (unpaired) electrons. The summed E-state index contributed by atoms with van der Waals surface area (Å²) >= 11 is 5.51. The molecule has 0 aliphatic heterocycles. The zero-order chi connectivity index (χ0) is 10.4. The molecule has 0 saturated heterocycles. The van der Waals surface area contributed by atoms with Crippen molar-refractivity contribution in [3.05, 3.63) is 30.3 Å². The van der Waals surface area contributed by atoms with Crippen molar-refractivity contribution in [2.75, 3.05) is 5.43 Å². The Labute approximate surface area is 86.9 Å². The van der Waals surface area contributed by atoms with Crippen molar-refractivity contribution in [3.8, 4) is 0 Å². The first-order valence-electron chi connectivity index (χ1n) is 3.97. The summed E-state index contributed by atoms with van der Waals surface area (Å²) in [4.78, 5) is 0. The first-order valence-corrected chi connectivity index (χ1v) is 4.35. The van der Waals surface area contributed by atoms with Crippen molar-refractivity contribution in [1.29, 1.82) is 0 Å². The van der Waals surface area contributed by atoms with Crippen LogP contribution in [-0.2, 0) is 0 Å². The Morgan fingerprint density at radius 1 is 1.36 bits per heavy atom. The number of hydrogen-bond acceptors (Lipinski definition) is 4. The molecule has 2 N–H and O–H groups in total. The molecule has 5 heteroatoms. The highest BCUT2D eigenvalue weighted by Gasteiger charge is 1.98. The monoisotopic (exact) mass is 211 g/mol. The molecular weight excluding hydrogens is 202 g/mol. The number of anilines is 1. The molecule has 0 unspecified atom stereocenters. The van der Waals surface area contributed by atoms with E-state index >= 15 is 0 Å². The Balaban J connectivity index is 2.64. The van der Waals surface area contributed by atoms with Gasteiger partial charge < -0.3 is 5.21 Å². The molecule has 0 bridgehead atoms. The summed E-state index contributed by atoms with van der Waals surface area (Å²) in [6, 6.07) is 9.40. The molecule has 74 valence electrons. The lowest BCUT2D eigenvalue weighted by Gasteiger charge is -2.00. The van der Waals surface area contributed by atoms with E-state index in [1.807, 2.05) is 30.3 Å². The van der Waals surface area contributed by atoms with Gasteiger partial charge in [-0.3, -0.25) is 5.43 Å². The summed E-state index contributed by atoms with van der Waals surface area (Å²) in [5, 5.41) is 15.0. The molecule has 1 aromatic rings. The quantitative estimate of drug-likeness (QED) is 0.459. The standard InChI is InChI=1S/C9H10ClN3O/c1-7(9(10)13-14)11-12-8-5-3-2-4-6-8/h2-6,12,14H,1H3/b11-7-,13-9-. The number of benzene rings is 1. The van der Waals surface area contributed by atoms with E-state index < -0.39 is 0 Å². The number of nitrogens with zero attached hydrogens (tertiary/aromatic N) is 2. The minimum Gasteiger partial charge on any atom is -0.410 e. The molecule has 14 heavy (non-hydrogen) atoms. The van der Waals surface area contributed by atoms with Crippen LogP contribution < -0.4 is 5.43 Å². The van der Waals surface area contributed by atoms with Gasteiger partial charge in [0.15, 0.2) is 5.17 Å². The van der Waals surface area contributed by atoms with Gasteiger partial charge in [-0.25, -0.2) is 0 Å². The number of nitrogens with one attached hydrogen (secondary N) is 1. The van der Waals surface area contributed by atoms with Crippen LogP contribution in [0, 0.1) is 0 Å². The van der Waals surface area contributed by atoms with Gasteiger partial charge in [-0.1, -0.05) is 35.0 Å². The van der Waals surface area contributed by atoms with Gasteiger partial charge in [0.25, 0.3) is 0 Å². The van der Waals surface area contributed by atoms with Gasteiger partial charge in [-0.15, -0.1) is 0 Å². The Hall–Kier alpha value is -1.55. The molecule has 1 aromatic carbocycles. The number of hydrazone groups is 1. The maximum atomic E-state index is 8.35. The van der Waals surface area contributed by atoms with Gasteiger partial charge in [0.2, 0.25) is 0 Å². The Bertz CT molecular complexity index is 348.